The number of ether oxygens (including phenoxy) is 1. The Morgan fingerprint density at radius 3 is 2.58 bits per heavy atom. The molecule has 1 atom stereocenters. The molecule has 0 saturated carbocycles. The number of carbonyl (C=O) groups excluding carboxylic acids is 1. The van der Waals surface area contributed by atoms with Crippen LogP contribution in [0.2, 0.25) is 0 Å². The van der Waals surface area contributed by atoms with Crippen molar-refractivity contribution in [2.24, 2.45) is 0 Å². The molecule has 0 radical (unpaired) electrons. The molecule has 0 fully saturated rings. The number of rotatable bonds is 8. The van der Waals surface area contributed by atoms with Gasteiger partial charge in [0.2, 0.25) is 0 Å². The smallest absolute Gasteiger partial charge is 0.279 e. The van der Waals surface area contributed by atoms with Gasteiger partial charge < -0.3 is 15.0 Å². The lowest BCUT2D eigenvalue weighted by atomic mass is 10.1. The normalized spacial score (nSPS) is 11.8. The second-order valence-corrected chi connectivity index (χ2v) is 6.06. The summed E-state index contributed by atoms with van der Waals surface area (Å²) in [6.45, 7) is 5.92. The van der Waals surface area contributed by atoms with Gasteiger partial charge in [0, 0.05) is 5.69 Å². The molecule has 0 saturated heterocycles. The number of anilines is 1. The Kier molecular flexibility index (Phi) is 6.82. The number of likely N-dealkylation sites (N-methyl/N-ethyl adjacent to an activating group) is 1. The third-order valence-electron chi connectivity index (χ3n) is 4.01. The lowest BCUT2D eigenvalue weighted by Gasteiger charge is -2.16. The Balaban J connectivity index is 1.80. The highest BCUT2D eigenvalue weighted by atomic mass is 16.5. The SMILES string of the molecule is CCc1cccc(C)c1NC(=O)C[NH+](C)CCOc1ccccc1. The Bertz CT molecular complexity index is 656. The van der Waals surface area contributed by atoms with Crippen LogP contribution in [0.5, 0.6) is 5.75 Å². The second-order valence-electron chi connectivity index (χ2n) is 6.06. The zero-order valence-corrected chi connectivity index (χ0v) is 14.8. The van der Waals surface area contributed by atoms with Gasteiger partial charge in [-0.05, 0) is 36.6 Å². The highest BCUT2D eigenvalue weighted by Gasteiger charge is 2.13. The van der Waals surface area contributed by atoms with E-state index in [2.05, 4.69) is 18.3 Å². The van der Waals surface area contributed by atoms with Crippen LogP contribution in [0, 0.1) is 6.92 Å². The van der Waals surface area contributed by atoms with Crippen molar-refractivity contribution >= 4 is 11.6 Å². The first-order valence-electron chi connectivity index (χ1n) is 8.47. The first kappa shape index (κ1) is 18.0. The summed E-state index contributed by atoms with van der Waals surface area (Å²) >= 11 is 0. The van der Waals surface area contributed by atoms with Crippen LogP contribution in [-0.2, 0) is 11.2 Å². The highest BCUT2D eigenvalue weighted by Crippen LogP contribution is 2.20. The standard InChI is InChI=1S/C20H26N2O2/c1-4-17-10-8-9-16(2)20(17)21-19(23)15-22(3)13-14-24-18-11-6-5-7-12-18/h5-12H,4,13-15H2,1-3H3,(H,21,23)/p+1. The van der Waals surface area contributed by atoms with E-state index in [-0.39, 0.29) is 5.91 Å². The molecule has 2 aromatic rings. The van der Waals surface area contributed by atoms with Gasteiger partial charge in [-0.15, -0.1) is 0 Å². The number of amides is 1. The van der Waals surface area contributed by atoms with Crippen molar-refractivity contribution < 1.29 is 14.4 Å². The average Bonchev–Trinajstić information content (AvgIpc) is 2.57. The van der Waals surface area contributed by atoms with Gasteiger partial charge in [-0.25, -0.2) is 0 Å². The van der Waals surface area contributed by atoms with E-state index in [0.29, 0.717) is 13.2 Å². The second kappa shape index (κ2) is 9.08. The summed E-state index contributed by atoms with van der Waals surface area (Å²) in [6, 6.07) is 15.9. The summed E-state index contributed by atoms with van der Waals surface area (Å²) in [5.41, 5.74) is 3.24. The van der Waals surface area contributed by atoms with E-state index in [4.69, 9.17) is 4.74 Å². The van der Waals surface area contributed by atoms with E-state index in [9.17, 15) is 4.79 Å². The van der Waals surface area contributed by atoms with E-state index in [1.165, 1.54) is 5.56 Å². The van der Waals surface area contributed by atoms with Crippen LogP contribution >= 0.6 is 0 Å². The molecule has 128 valence electrons. The van der Waals surface area contributed by atoms with Crippen molar-refractivity contribution in [1.29, 1.82) is 0 Å². The third-order valence-corrected chi connectivity index (χ3v) is 4.01. The van der Waals surface area contributed by atoms with Crippen molar-refractivity contribution in [3.63, 3.8) is 0 Å². The molecule has 4 heteroatoms. The lowest BCUT2D eigenvalue weighted by molar-refractivity contribution is -0.871. The summed E-state index contributed by atoms with van der Waals surface area (Å²) in [4.78, 5) is 13.4. The fourth-order valence-electron chi connectivity index (χ4n) is 2.61. The molecule has 0 aliphatic rings. The van der Waals surface area contributed by atoms with Gasteiger partial charge in [0.15, 0.2) is 6.54 Å². The van der Waals surface area contributed by atoms with Crippen molar-refractivity contribution in [2.75, 3.05) is 32.1 Å². The number of aryl methyl sites for hydroxylation is 2. The quantitative estimate of drug-likeness (QED) is 0.780. The van der Waals surface area contributed by atoms with Crippen LogP contribution in [0.25, 0.3) is 0 Å². The molecular weight excluding hydrogens is 300 g/mol. The maximum absolute atomic E-state index is 12.3. The molecular formula is C20H27N2O2+. The van der Waals surface area contributed by atoms with Gasteiger partial charge in [0.05, 0.1) is 7.05 Å². The molecule has 1 unspecified atom stereocenters. The lowest BCUT2D eigenvalue weighted by Crippen LogP contribution is -3.10. The van der Waals surface area contributed by atoms with Crippen molar-refractivity contribution in [1.82, 2.24) is 0 Å². The minimum atomic E-state index is 0.0382. The molecule has 1 amide bonds. The molecule has 0 aromatic heterocycles. The molecule has 0 bridgehead atoms. The van der Waals surface area contributed by atoms with E-state index >= 15 is 0 Å². The maximum atomic E-state index is 12.3. The first-order chi connectivity index (χ1) is 11.6. The van der Waals surface area contributed by atoms with E-state index in [1.54, 1.807) is 0 Å². The molecule has 2 aromatic carbocycles. The van der Waals surface area contributed by atoms with Crippen LogP contribution in [0.4, 0.5) is 5.69 Å². The molecule has 0 heterocycles. The number of quaternary nitrogens is 1. The Labute approximate surface area is 144 Å². The van der Waals surface area contributed by atoms with Crippen molar-refractivity contribution in [3.8, 4) is 5.75 Å². The summed E-state index contributed by atoms with van der Waals surface area (Å²) in [7, 11) is 2.01. The molecule has 0 spiro atoms. The summed E-state index contributed by atoms with van der Waals surface area (Å²) in [5, 5.41) is 3.07. The minimum absolute atomic E-state index is 0.0382. The highest BCUT2D eigenvalue weighted by molar-refractivity contribution is 5.93. The molecule has 0 aliphatic carbocycles. The van der Waals surface area contributed by atoms with Gasteiger partial charge in [-0.3, -0.25) is 4.79 Å². The zero-order chi connectivity index (χ0) is 17.4. The van der Waals surface area contributed by atoms with Gasteiger partial charge >= 0.3 is 0 Å². The number of para-hydroxylation sites is 2. The van der Waals surface area contributed by atoms with Crippen LogP contribution in [-0.4, -0.2) is 32.7 Å². The largest absolute Gasteiger partial charge is 0.488 e. The average molecular weight is 327 g/mol. The van der Waals surface area contributed by atoms with Crippen LogP contribution in [0.15, 0.2) is 48.5 Å². The Hall–Kier alpha value is -2.33. The maximum Gasteiger partial charge on any atom is 0.279 e. The van der Waals surface area contributed by atoms with Crippen molar-refractivity contribution in [3.05, 3.63) is 59.7 Å². The molecule has 4 nitrogen and oxygen atoms in total. The van der Waals surface area contributed by atoms with Crippen molar-refractivity contribution in [2.45, 2.75) is 20.3 Å². The first-order valence-corrected chi connectivity index (χ1v) is 8.47. The third kappa shape index (κ3) is 5.39. The zero-order valence-electron chi connectivity index (χ0n) is 14.8. The number of carbonyl (C=O) groups is 1. The molecule has 0 aliphatic heterocycles. The summed E-state index contributed by atoms with van der Waals surface area (Å²) in [6.07, 6.45) is 0.908. The van der Waals surface area contributed by atoms with Gasteiger partial charge in [0.25, 0.3) is 5.91 Å². The monoisotopic (exact) mass is 327 g/mol. The molecule has 2 N–H and O–H groups in total. The topological polar surface area (TPSA) is 42.8 Å². The summed E-state index contributed by atoms with van der Waals surface area (Å²) in [5.74, 6) is 0.901. The predicted molar refractivity (Wildman–Crippen MR) is 97.7 cm³/mol. The fraction of sp³-hybridized carbons (Fsp3) is 0.350. The number of benzene rings is 2. The molecule has 2 rings (SSSR count). The minimum Gasteiger partial charge on any atom is -0.488 e. The van der Waals surface area contributed by atoms with E-state index in [1.807, 2.05) is 56.4 Å². The van der Waals surface area contributed by atoms with E-state index < -0.39 is 0 Å². The van der Waals surface area contributed by atoms with Crippen LogP contribution in [0.1, 0.15) is 18.1 Å². The van der Waals surface area contributed by atoms with Gasteiger partial charge in [0.1, 0.15) is 18.9 Å². The Morgan fingerprint density at radius 1 is 1.12 bits per heavy atom. The fourth-order valence-corrected chi connectivity index (χ4v) is 2.61. The summed E-state index contributed by atoms with van der Waals surface area (Å²) < 4.78 is 5.68. The van der Waals surface area contributed by atoms with Crippen LogP contribution < -0.4 is 15.0 Å². The van der Waals surface area contributed by atoms with E-state index in [0.717, 1.165) is 34.9 Å². The Morgan fingerprint density at radius 2 is 1.88 bits per heavy atom. The molecule has 24 heavy (non-hydrogen) atoms. The number of hydrogen-bond donors (Lipinski definition) is 2. The number of hydrogen-bond acceptors (Lipinski definition) is 2. The predicted octanol–water partition coefficient (Wildman–Crippen LogP) is 2.09. The van der Waals surface area contributed by atoms with Crippen LogP contribution in [0.3, 0.4) is 0 Å². The van der Waals surface area contributed by atoms with Gasteiger partial charge in [-0.2, -0.15) is 0 Å². The van der Waals surface area contributed by atoms with Gasteiger partial charge in [-0.1, -0.05) is 43.3 Å². The number of nitrogens with one attached hydrogen (secondary N) is 2.